The molecular formula is C16H22N6O5. The molecule has 2 aromatic rings. The average Bonchev–Trinajstić information content (AvgIpc) is 2.66. The number of aliphatic hydroxyl groups is 2. The zero-order valence-electron chi connectivity index (χ0n) is 14.3. The number of carbonyl (C=O) groups is 2. The SMILES string of the molecule is NCC(=O)Nc1ccc(N)c(N)n1.Nc1ccccc1OC(=O)C(O)CO. The van der Waals surface area contributed by atoms with Crippen molar-refractivity contribution in [1.29, 1.82) is 0 Å². The van der Waals surface area contributed by atoms with Crippen LogP contribution in [0.15, 0.2) is 36.4 Å². The Kier molecular flexibility index (Phi) is 8.45. The van der Waals surface area contributed by atoms with E-state index in [9.17, 15) is 9.59 Å². The summed E-state index contributed by atoms with van der Waals surface area (Å²) in [5, 5.41) is 19.8. The molecule has 11 heteroatoms. The van der Waals surface area contributed by atoms with Crippen molar-refractivity contribution in [3.8, 4) is 5.75 Å². The second kappa shape index (κ2) is 10.6. The van der Waals surface area contributed by atoms with Gasteiger partial charge in [0.2, 0.25) is 5.91 Å². The van der Waals surface area contributed by atoms with E-state index >= 15 is 0 Å². The zero-order valence-corrected chi connectivity index (χ0v) is 14.3. The normalized spacial score (nSPS) is 10.9. The quantitative estimate of drug-likeness (QED) is 0.185. The second-order valence-electron chi connectivity index (χ2n) is 5.08. The number of esters is 1. The number of aromatic nitrogens is 1. The Balaban J connectivity index is 0.000000271. The molecule has 0 saturated carbocycles. The van der Waals surface area contributed by atoms with Crippen LogP contribution in [0.1, 0.15) is 0 Å². The molecule has 0 spiro atoms. The van der Waals surface area contributed by atoms with E-state index in [0.717, 1.165) is 0 Å². The van der Waals surface area contributed by atoms with Gasteiger partial charge in [0.05, 0.1) is 24.5 Å². The maximum absolute atomic E-state index is 11.0. The first kappa shape index (κ1) is 21.6. The van der Waals surface area contributed by atoms with Crippen LogP contribution in [-0.2, 0) is 9.59 Å². The predicted octanol–water partition coefficient (Wildman–Crippen LogP) is -1.33. The molecule has 11 nitrogen and oxygen atoms in total. The Morgan fingerprint density at radius 2 is 1.78 bits per heavy atom. The number of ether oxygens (including phenoxy) is 1. The largest absolute Gasteiger partial charge is 0.422 e. The summed E-state index contributed by atoms with van der Waals surface area (Å²) in [5.41, 5.74) is 22.1. The van der Waals surface area contributed by atoms with Gasteiger partial charge in [-0.25, -0.2) is 9.78 Å². The van der Waals surface area contributed by atoms with Crippen molar-refractivity contribution < 1.29 is 24.5 Å². The smallest absolute Gasteiger partial charge is 0.342 e. The summed E-state index contributed by atoms with van der Waals surface area (Å²) in [5.74, 6) is -0.538. The minimum atomic E-state index is -1.53. The summed E-state index contributed by atoms with van der Waals surface area (Å²) in [4.78, 5) is 25.7. The fraction of sp³-hybridized carbons (Fsp3) is 0.188. The van der Waals surface area contributed by atoms with Crippen LogP contribution in [0, 0.1) is 0 Å². The fourth-order valence-corrected chi connectivity index (χ4v) is 1.57. The molecule has 1 aromatic carbocycles. The van der Waals surface area contributed by atoms with E-state index in [-0.39, 0.29) is 24.0 Å². The van der Waals surface area contributed by atoms with E-state index in [0.29, 0.717) is 17.2 Å². The van der Waals surface area contributed by atoms with Gasteiger partial charge in [0, 0.05) is 0 Å². The molecule has 1 heterocycles. The lowest BCUT2D eigenvalue weighted by Crippen LogP contribution is -2.29. The van der Waals surface area contributed by atoms with Crippen molar-refractivity contribution in [2.24, 2.45) is 5.73 Å². The van der Waals surface area contributed by atoms with Crippen molar-refractivity contribution >= 4 is 34.9 Å². The number of benzene rings is 1. The van der Waals surface area contributed by atoms with Crippen LogP contribution in [0.4, 0.5) is 23.0 Å². The number of anilines is 4. The van der Waals surface area contributed by atoms with E-state index in [1.54, 1.807) is 30.3 Å². The summed E-state index contributed by atoms with van der Waals surface area (Å²) in [6.45, 7) is -0.766. The lowest BCUT2D eigenvalue weighted by atomic mass is 10.3. The first-order valence-electron chi connectivity index (χ1n) is 7.65. The third-order valence-corrected chi connectivity index (χ3v) is 2.98. The lowest BCUT2D eigenvalue weighted by Gasteiger charge is -2.08. The van der Waals surface area contributed by atoms with Crippen LogP contribution in [-0.4, -0.2) is 46.3 Å². The molecule has 0 bridgehead atoms. The number of nitrogens with one attached hydrogen (secondary N) is 1. The standard InChI is InChI=1S/C9H11NO4.C7H11N5O/c10-6-3-1-2-4-8(6)14-9(13)7(12)5-11;8-3-6(13)11-5-2-1-4(9)7(10)12-5/h1-4,7,11-12H,5,10H2;1-2H,3,8-9H2,(H3,10,11,12,13). The predicted molar refractivity (Wildman–Crippen MR) is 100 cm³/mol. The van der Waals surface area contributed by atoms with Crippen LogP contribution in [0.3, 0.4) is 0 Å². The number of hydrogen-bond donors (Lipinski definition) is 7. The van der Waals surface area contributed by atoms with Gasteiger partial charge in [-0.05, 0) is 24.3 Å². The summed E-state index contributed by atoms with van der Waals surface area (Å²) in [7, 11) is 0. The van der Waals surface area contributed by atoms with Gasteiger partial charge in [0.25, 0.3) is 0 Å². The van der Waals surface area contributed by atoms with Gasteiger partial charge in [0.1, 0.15) is 11.6 Å². The van der Waals surface area contributed by atoms with Crippen LogP contribution < -0.4 is 33.0 Å². The molecular weight excluding hydrogens is 356 g/mol. The molecule has 0 saturated heterocycles. The van der Waals surface area contributed by atoms with Gasteiger partial charge >= 0.3 is 5.97 Å². The summed E-state index contributed by atoms with van der Waals surface area (Å²) in [6, 6.07) is 9.51. The Labute approximate surface area is 154 Å². The first-order chi connectivity index (χ1) is 12.8. The minimum absolute atomic E-state index is 0.0913. The number of aliphatic hydroxyl groups excluding tert-OH is 2. The number of pyridine rings is 1. The van der Waals surface area contributed by atoms with Crippen molar-refractivity contribution in [3.63, 3.8) is 0 Å². The number of nitrogens with zero attached hydrogens (tertiary/aromatic N) is 1. The van der Waals surface area contributed by atoms with E-state index in [1.165, 1.54) is 6.07 Å². The Morgan fingerprint density at radius 3 is 2.33 bits per heavy atom. The zero-order chi connectivity index (χ0) is 20.4. The van der Waals surface area contributed by atoms with E-state index in [4.69, 9.17) is 37.9 Å². The first-order valence-corrected chi connectivity index (χ1v) is 7.65. The second-order valence-corrected chi connectivity index (χ2v) is 5.08. The highest BCUT2D eigenvalue weighted by molar-refractivity contribution is 5.91. The molecule has 0 aliphatic heterocycles. The Hall–Kier alpha value is -3.41. The topological polar surface area (TPSA) is 213 Å². The molecule has 0 fully saturated rings. The molecule has 1 atom stereocenters. The van der Waals surface area contributed by atoms with E-state index in [2.05, 4.69) is 10.3 Å². The van der Waals surface area contributed by atoms with Crippen molar-refractivity contribution in [2.45, 2.75) is 6.10 Å². The maximum atomic E-state index is 11.0. The lowest BCUT2D eigenvalue weighted by molar-refractivity contribution is -0.145. The third kappa shape index (κ3) is 7.15. The van der Waals surface area contributed by atoms with Crippen LogP contribution in [0.2, 0.25) is 0 Å². The molecule has 146 valence electrons. The molecule has 27 heavy (non-hydrogen) atoms. The number of nitrogen functional groups attached to an aromatic ring is 3. The molecule has 0 aliphatic carbocycles. The highest BCUT2D eigenvalue weighted by atomic mass is 16.6. The summed E-state index contributed by atoms with van der Waals surface area (Å²) < 4.78 is 4.72. The molecule has 0 radical (unpaired) electrons. The molecule has 1 aromatic heterocycles. The van der Waals surface area contributed by atoms with Gasteiger partial charge in [0.15, 0.2) is 11.9 Å². The number of para-hydroxylation sites is 2. The van der Waals surface area contributed by atoms with E-state index < -0.39 is 18.7 Å². The van der Waals surface area contributed by atoms with Crippen molar-refractivity contribution in [2.75, 3.05) is 35.7 Å². The minimum Gasteiger partial charge on any atom is -0.422 e. The molecule has 0 aliphatic rings. The van der Waals surface area contributed by atoms with Gasteiger partial charge in [-0.2, -0.15) is 0 Å². The maximum Gasteiger partial charge on any atom is 0.342 e. The number of hydrogen-bond acceptors (Lipinski definition) is 10. The Morgan fingerprint density at radius 1 is 1.11 bits per heavy atom. The summed E-state index contributed by atoms with van der Waals surface area (Å²) >= 11 is 0. The molecule has 1 unspecified atom stereocenters. The number of amides is 1. The summed E-state index contributed by atoms with van der Waals surface area (Å²) in [6.07, 6.45) is -1.53. The number of rotatable bonds is 5. The highest BCUT2D eigenvalue weighted by Crippen LogP contribution is 2.20. The van der Waals surface area contributed by atoms with Gasteiger partial charge in [-0.15, -0.1) is 0 Å². The monoisotopic (exact) mass is 378 g/mol. The van der Waals surface area contributed by atoms with Crippen molar-refractivity contribution in [1.82, 2.24) is 4.98 Å². The molecule has 1 amide bonds. The fourth-order valence-electron chi connectivity index (χ4n) is 1.57. The molecule has 2 rings (SSSR count). The van der Waals surface area contributed by atoms with Crippen molar-refractivity contribution in [3.05, 3.63) is 36.4 Å². The Bertz CT molecular complexity index is 786. The third-order valence-electron chi connectivity index (χ3n) is 2.98. The van der Waals surface area contributed by atoms with Crippen LogP contribution in [0.25, 0.3) is 0 Å². The highest BCUT2D eigenvalue weighted by Gasteiger charge is 2.16. The van der Waals surface area contributed by atoms with Gasteiger partial charge in [-0.3, -0.25) is 4.79 Å². The van der Waals surface area contributed by atoms with E-state index in [1.807, 2.05) is 0 Å². The van der Waals surface area contributed by atoms with Gasteiger partial charge in [-0.1, -0.05) is 12.1 Å². The average molecular weight is 378 g/mol. The van der Waals surface area contributed by atoms with Crippen LogP contribution >= 0.6 is 0 Å². The number of carbonyl (C=O) groups excluding carboxylic acids is 2. The number of nitrogens with two attached hydrogens (primary N) is 4. The van der Waals surface area contributed by atoms with Crippen LogP contribution in [0.5, 0.6) is 5.75 Å². The van der Waals surface area contributed by atoms with Gasteiger partial charge < -0.3 is 43.2 Å². The molecule has 11 N–H and O–H groups in total.